The summed E-state index contributed by atoms with van der Waals surface area (Å²) in [5, 5.41) is 1.13. The lowest BCUT2D eigenvalue weighted by Gasteiger charge is -2.33. The standard InChI is InChI=1S/C25H30N2O2/c1-17-8-9-22-21(18(17)2)11-14-27(24(22)28)15-13-25(3,26)12-10-20-16-19-6-4-5-7-23(19)29-20/h4-9,16H,10-15,26H2,1-3H3. The summed E-state index contributed by atoms with van der Waals surface area (Å²) in [6, 6.07) is 14.2. The van der Waals surface area contributed by atoms with E-state index in [0.717, 1.165) is 54.5 Å². The van der Waals surface area contributed by atoms with Gasteiger partial charge in [0, 0.05) is 36.0 Å². The lowest BCUT2D eigenvalue weighted by atomic mass is 9.89. The highest BCUT2D eigenvalue weighted by molar-refractivity contribution is 5.97. The number of hydrogen-bond acceptors (Lipinski definition) is 3. The van der Waals surface area contributed by atoms with Crippen LogP contribution in [0.15, 0.2) is 46.9 Å². The molecule has 4 rings (SSSR count). The van der Waals surface area contributed by atoms with Crippen LogP contribution in [0.4, 0.5) is 0 Å². The van der Waals surface area contributed by atoms with Gasteiger partial charge in [-0.3, -0.25) is 4.79 Å². The summed E-state index contributed by atoms with van der Waals surface area (Å²) < 4.78 is 5.91. The number of fused-ring (bicyclic) bond motifs is 2. The van der Waals surface area contributed by atoms with Crippen LogP contribution < -0.4 is 5.73 Å². The summed E-state index contributed by atoms with van der Waals surface area (Å²) in [7, 11) is 0. The number of benzene rings is 2. The van der Waals surface area contributed by atoms with Crippen molar-refractivity contribution < 1.29 is 9.21 Å². The molecule has 1 unspecified atom stereocenters. The third-order valence-electron chi connectivity index (χ3n) is 6.39. The van der Waals surface area contributed by atoms with E-state index in [-0.39, 0.29) is 11.4 Å². The lowest BCUT2D eigenvalue weighted by molar-refractivity contribution is 0.0726. The van der Waals surface area contributed by atoms with Crippen LogP contribution in [0.3, 0.4) is 0 Å². The smallest absolute Gasteiger partial charge is 0.254 e. The summed E-state index contributed by atoms with van der Waals surface area (Å²) in [6.07, 6.45) is 3.33. The monoisotopic (exact) mass is 390 g/mol. The normalized spacial score (nSPS) is 16.1. The van der Waals surface area contributed by atoms with Crippen molar-refractivity contribution in [3.05, 3.63) is 70.5 Å². The molecule has 4 heteroatoms. The second kappa shape index (κ2) is 7.68. The Morgan fingerprint density at radius 1 is 1.14 bits per heavy atom. The van der Waals surface area contributed by atoms with Crippen LogP contribution in [-0.4, -0.2) is 29.4 Å². The van der Waals surface area contributed by atoms with Crippen LogP contribution in [0, 0.1) is 13.8 Å². The molecule has 1 atom stereocenters. The van der Waals surface area contributed by atoms with Gasteiger partial charge in [-0.15, -0.1) is 0 Å². The number of nitrogens with two attached hydrogens (primary N) is 1. The van der Waals surface area contributed by atoms with Gasteiger partial charge in [0.05, 0.1) is 0 Å². The van der Waals surface area contributed by atoms with E-state index in [1.165, 1.54) is 16.7 Å². The molecule has 2 N–H and O–H groups in total. The van der Waals surface area contributed by atoms with Crippen LogP contribution >= 0.6 is 0 Å². The molecule has 2 aromatic carbocycles. The number of amides is 1. The SMILES string of the molecule is Cc1ccc2c(c1C)CCN(CCC(C)(N)CCc1cc3ccccc3o1)C2=O. The first-order valence-electron chi connectivity index (χ1n) is 10.5. The highest BCUT2D eigenvalue weighted by Gasteiger charge is 2.28. The van der Waals surface area contributed by atoms with Crippen LogP contribution in [0.25, 0.3) is 11.0 Å². The number of carbonyl (C=O) groups excluding carboxylic acids is 1. The molecule has 0 aliphatic carbocycles. The first kappa shape index (κ1) is 19.7. The number of hydrogen-bond donors (Lipinski definition) is 1. The highest BCUT2D eigenvalue weighted by atomic mass is 16.3. The molecule has 0 bridgehead atoms. The van der Waals surface area contributed by atoms with Gasteiger partial charge < -0.3 is 15.1 Å². The zero-order valence-electron chi connectivity index (χ0n) is 17.6. The van der Waals surface area contributed by atoms with Crippen molar-refractivity contribution in [1.82, 2.24) is 4.90 Å². The first-order valence-corrected chi connectivity index (χ1v) is 10.5. The van der Waals surface area contributed by atoms with Crippen molar-refractivity contribution in [1.29, 1.82) is 0 Å². The zero-order chi connectivity index (χ0) is 20.6. The molecule has 1 amide bonds. The Balaban J connectivity index is 1.36. The summed E-state index contributed by atoms with van der Waals surface area (Å²) in [4.78, 5) is 14.9. The Morgan fingerprint density at radius 3 is 2.72 bits per heavy atom. The average molecular weight is 391 g/mol. The van der Waals surface area contributed by atoms with Gasteiger partial charge in [-0.2, -0.15) is 0 Å². The molecule has 1 aromatic heterocycles. The molecule has 0 saturated heterocycles. The Morgan fingerprint density at radius 2 is 1.93 bits per heavy atom. The molecule has 4 nitrogen and oxygen atoms in total. The Labute approximate surface area is 172 Å². The van der Waals surface area contributed by atoms with E-state index >= 15 is 0 Å². The summed E-state index contributed by atoms with van der Waals surface area (Å²) in [5.74, 6) is 1.11. The van der Waals surface area contributed by atoms with Gasteiger partial charge >= 0.3 is 0 Å². The highest BCUT2D eigenvalue weighted by Crippen LogP contribution is 2.26. The van der Waals surface area contributed by atoms with Crippen molar-refractivity contribution in [3.63, 3.8) is 0 Å². The molecule has 29 heavy (non-hydrogen) atoms. The van der Waals surface area contributed by atoms with E-state index in [1.54, 1.807) is 0 Å². The molecule has 2 heterocycles. The number of para-hydroxylation sites is 1. The van der Waals surface area contributed by atoms with Crippen molar-refractivity contribution >= 4 is 16.9 Å². The number of nitrogens with zero attached hydrogens (tertiary/aromatic N) is 1. The fraction of sp³-hybridized carbons (Fsp3) is 0.400. The maximum atomic E-state index is 12.9. The van der Waals surface area contributed by atoms with Gasteiger partial charge in [0.2, 0.25) is 0 Å². The van der Waals surface area contributed by atoms with Crippen molar-refractivity contribution in [2.24, 2.45) is 5.73 Å². The van der Waals surface area contributed by atoms with E-state index in [0.29, 0.717) is 6.54 Å². The summed E-state index contributed by atoms with van der Waals surface area (Å²) in [6.45, 7) is 7.76. The molecule has 3 aromatic rings. The number of aryl methyl sites for hydroxylation is 2. The van der Waals surface area contributed by atoms with Gasteiger partial charge in [0.1, 0.15) is 11.3 Å². The van der Waals surface area contributed by atoms with Crippen molar-refractivity contribution in [3.8, 4) is 0 Å². The van der Waals surface area contributed by atoms with Gasteiger partial charge in [-0.25, -0.2) is 0 Å². The molecule has 0 radical (unpaired) electrons. The quantitative estimate of drug-likeness (QED) is 0.658. The zero-order valence-corrected chi connectivity index (χ0v) is 17.6. The largest absolute Gasteiger partial charge is 0.461 e. The maximum absolute atomic E-state index is 12.9. The van der Waals surface area contributed by atoms with E-state index in [4.69, 9.17) is 10.2 Å². The molecule has 1 aliphatic rings. The third-order valence-corrected chi connectivity index (χ3v) is 6.39. The van der Waals surface area contributed by atoms with Crippen molar-refractivity contribution in [2.45, 2.75) is 52.0 Å². The maximum Gasteiger partial charge on any atom is 0.254 e. The second-order valence-electron chi connectivity index (χ2n) is 8.73. The topological polar surface area (TPSA) is 59.5 Å². The molecule has 0 spiro atoms. The Kier molecular flexibility index (Phi) is 5.22. The first-order chi connectivity index (χ1) is 13.8. The predicted molar refractivity (Wildman–Crippen MR) is 117 cm³/mol. The third kappa shape index (κ3) is 4.08. The minimum atomic E-state index is -0.345. The van der Waals surface area contributed by atoms with E-state index in [9.17, 15) is 4.79 Å². The van der Waals surface area contributed by atoms with Gasteiger partial charge in [0.15, 0.2) is 0 Å². The van der Waals surface area contributed by atoms with Gasteiger partial charge in [-0.1, -0.05) is 24.3 Å². The molecule has 0 fully saturated rings. The molecule has 0 saturated carbocycles. The fourth-order valence-electron chi connectivity index (χ4n) is 4.21. The number of rotatable bonds is 6. The Bertz CT molecular complexity index is 1020. The summed E-state index contributed by atoms with van der Waals surface area (Å²) in [5.41, 5.74) is 11.7. The fourth-order valence-corrected chi connectivity index (χ4v) is 4.21. The Hall–Kier alpha value is -2.59. The van der Waals surface area contributed by atoms with Crippen LogP contribution in [0.5, 0.6) is 0 Å². The van der Waals surface area contributed by atoms with Gasteiger partial charge in [0.25, 0.3) is 5.91 Å². The number of carbonyl (C=O) groups is 1. The van der Waals surface area contributed by atoms with E-state index < -0.39 is 0 Å². The minimum absolute atomic E-state index is 0.141. The lowest BCUT2D eigenvalue weighted by Crippen LogP contribution is -2.44. The van der Waals surface area contributed by atoms with Crippen LogP contribution in [-0.2, 0) is 12.8 Å². The van der Waals surface area contributed by atoms with Crippen LogP contribution in [0.2, 0.25) is 0 Å². The van der Waals surface area contributed by atoms with E-state index in [1.807, 2.05) is 29.2 Å². The molecular formula is C25H30N2O2. The molecular weight excluding hydrogens is 360 g/mol. The minimum Gasteiger partial charge on any atom is -0.461 e. The average Bonchev–Trinajstić information content (AvgIpc) is 3.12. The van der Waals surface area contributed by atoms with Gasteiger partial charge in [-0.05, 0) is 74.9 Å². The van der Waals surface area contributed by atoms with Crippen LogP contribution in [0.1, 0.15) is 52.6 Å². The molecule has 152 valence electrons. The van der Waals surface area contributed by atoms with E-state index in [2.05, 4.69) is 39.0 Å². The summed E-state index contributed by atoms with van der Waals surface area (Å²) >= 11 is 0. The van der Waals surface area contributed by atoms with Crippen molar-refractivity contribution in [2.75, 3.05) is 13.1 Å². The number of furan rings is 1. The predicted octanol–water partition coefficient (Wildman–Crippen LogP) is 4.79. The second-order valence-corrected chi connectivity index (χ2v) is 8.73. The molecule has 1 aliphatic heterocycles.